The number of hydrogen-bond donors (Lipinski definition) is 3. The normalized spacial score (nSPS) is 16.3. The van der Waals surface area contributed by atoms with Gasteiger partial charge in [0.1, 0.15) is 17.1 Å². The lowest BCUT2D eigenvalue weighted by Crippen LogP contribution is -2.28. The number of aromatic nitrogens is 2. The number of carbonyl (C=O) groups is 1. The fourth-order valence-corrected chi connectivity index (χ4v) is 3.64. The molecule has 31 heavy (non-hydrogen) atoms. The van der Waals surface area contributed by atoms with E-state index in [9.17, 15) is 27.9 Å². The van der Waals surface area contributed by atoms with E-state index in [1.807, 2.05) is 0 Å². The Morgan fingerprint density at radius 2 is 1.87 bits per heavy atom. The van der Waals surface area contributed by atoms with Crippen LogP contribution in [0.4, 0.5) is 29.1 Å². The first-order chi connectivity index (χ1) is 14.6. The lowest BCUT2D eigenvalue weighted by molar-refractivity contribution is 0.0695. The van der Waals surface area contributed by atoms with Crippen LogP contribution in [0.15, 0.2) is 23.1 Å². The van der Waals surface area contributed by atoms with Crippen LogP contribution in [0.1, 0.15) is 16.8 Å². The van der Waals surface area contributed by atoms with Gasteiger partial charge in [0.15, 0.2) is 29.1 Å². The van der Waals surface area contributed by atoms with Crippen LogP contribution in [0.25, 0.3) is 16.7 Å². The molecule has 1 aliphatic heterocycles. The Kier molecular flexibility index (Phi) is 4.81. The number of fused-ring (bicyclic) bond motifs is 1. The highest BCUT2D eigenvalue weighted by Crippen LogP contribution is 2.33. The number of hydrogen-bond acceptors (Lipinski definition) is 6. The summed E-state index contributed by atoms with van der Waals surface area (Å²) in [5.41, 5.74) is 7.97. The fraction of sp³-hybridized carbons (Fsp3) is 0.211. The second-order valence-electron chi connectivity index (χ2n) is 7.12. The first-order valence-corrected chi connectivity index (χ1v) is 9.03. The van der Waals surface area contributed by atoms with E-state index in [1.54, 1.807) is 0 Å². The van der Waals surface area contributed by atoms with Gasteiger partial charge in [0, 0.05) is 31.4 Å². The molecule has 0 radical (unpaired) electrons. The molecular formula is C19H15F4N5O3. The molecule has 0 saturated carbocycles. The number of nitrogen functional groups attached to an aromatic ring is 1. The minimum absolute atomic E-state index is 0.132. The summed E-state index contributed by atoms with van der Waals surface area (Å²) in [6.07, 6.45) is 1.10. The van der Waals surface area contributed by atoms with Crippen molar-refractivity contribution < 1.29 is 27.5 Å². The maximum absolute atomic E-state index is 15.6. The Bertz CT molecular complexity index is 1310. The van der Waals surface area contributed by atoms with Gasteiger partial charge in [-0.1, -0.05) is 0 Å². The molecule has 8 nitrogen and oxygen atoms in total. The van der Waals surface area contributed by atoms with Gasteiger partial charge >= 0.3 is 5.97 Å². The predicted octanol–water partition coefficient (Wildman–Crippen LogP) is 1.76. The van der Waals surface area contributed by atoms with Gasteiger partial charge in [-0.05, 0) is 12.5 Å². The first kappa shape index (κ1) is 20.6. The molecule has 2 aromatic heterocycles. The van der Waals surface area contributed by atoms with Crippen molar-refractivity contribution in [1.82, 2.24) is 9.55 Å². The SMILES string of the molecule is Nc1nc(-n2cc(C(=O)O)c(=O)c3cc(F)c(N4CC[C@H](N)C4)c(F)c32)c(F)cc1F. The minimum Gasteiger partial charge on any atom is -0.477 e. The molecule has 0 aliphatic carbocycles. The van der Waals surface area contributed by atoms with E-state index >= 15 is 4.39 Å². The number of carboxylic acids is 1. The summed E-state index contributed by atoms with van der Waals surface area (Å²) in [7, 11) is 0. The summed E-state index contributed by atoms with van der Waals surface area (Å²) in [6, 6.07) is 0.722. The summed E-state index contributed by atoms with van der Waals surface area (Å²) in [5.74, 6) is -8.08. The maximum Gasteiger partial charge on any atom is 0.341 e. The second kappa shape index (κ2) is 7.23. The third kappa shape index (κ3) is 3.24. The number of nitrogens with zero attached hydrogens (tertiary/aromatic N) is 3. The Hall–Kier alpha value is -3.67. The van der Waals surface area contributed by atoms with Gasteiger partial charge in [0.05, 0.1) is 10.9 Å². The largest absolute Gasteiger partial charge is 0.477 e. The number of rotatable bonds is 3. The molecule has 162 valence electrons. The Morgan fingerprint density at radius 3 is 2.48 bits per heavy atom. The zero-order chi connectivity index (χ0) is 22.6. The highest BCUT2D eigenvalue weighted by atomic mass is 19.1. The summed E-state index contributed by atoms with van der Waals surface area (Å²) < 4.78 is 59.1. The molecule has 3 aromatic rings. The molecule has 4 rings (SSSR count). The van der Waals surface area contributed by atoms with Crippen LogP contribution in [-0.4, -0.2) is 39.8 Å². The van der Waals surface area contributed by atoms with Crippen molar-refractivity contribution in [2.24, 2.45) is 5.73 Å². The fourth-order valence-electron chi connectivity index (χ4n) is 3.64. The quantitative estimate of drug-likeness (QED) is 0.533. The van der Waals surface area contributed by atoms with E-state index in [1.165, 1.54) is 4.90 Å². The molecule has 0 bridgehead atoms. The third-order valence-corrected chi connectivity index (χ3v) is 5.09. The highest BCUT2D eigenvalue weighted by molar-refractivity contribution is 5.94. The third-order valence-electron chi connectivity index (χ3n) is 5.09. The van der Waals surface area contributed by atoms with Crippen molar-refractivity contribution >= 4 is 28.4 Å². The van der Waals surface area contributed by atoms with Crippen LogP contribution < -0.4 is 21.8 Å². The number of aromatic carboxylic acids is 1. The van der Waals surface area contributed by atoms with E-state index in [4.69, 9.17) is 11.5 Å². The van der Waals surface area contributed by atoms with Crippen molar-refractivity contribution in [3.05, 3.63) is 57.4 Å². The van der Waals surface area contributed by atoms with Crippen LogP contribution in [-0.2, 0) is 0 Å². The first-order valence-electron chi connectivity index (χ1n) is 9.03. The lowest BCUT2D eigenvalue weighted by Gasteiger charge is -2.22. The van der Waals surface area contributed by atoms with Crippen LogP contribution >= 0.6 is 0 Å². The van der Waals surface area contributed by atoms with Crippen LogP contribution in [0.2, 0.25) is 0 Å². The van der Waals surface area contributed by atoms with Gasteiger partial charge in [0.2, 0.25) is 5.43 Å². The van der Waals surface area contributed by atoms with E-state index in [0.29, 0.717) is 29.3 Å². The van der Waals surface area contributed by atoms with Crippen molar-refractivity contribution in [3.8, 4) is 5.82 Å². The molecule has 1 fully saturated rings. The van der Waals surface area contributed by atoms with Gasteiger partial charge < -0.3 is 21.5 Å². The average Bonchev–Trinajstić information content (AvgIpc) is 3.11. The van der Waals surface area contributed by atoms with Crippen molar-refractivity contribution in [2.75, 3.05) is 23.7 Å². The summed E-state index contributed by atoms with van der Waals surface area (Å²) >= 11 is 0. The van der Waals surface area contributed by atoms with E-state index < -0.39 is 68.5 Å². The van der Waals surface area contributed by atoms with Gasteiger partial charge in [-0.3, -0.25) is 9.36 Å². The Morgan fingerprint density at radius 1 is 1.16 bits per heavy atom. The highest BCUT2D eigenvalue weighted by Gasteiger charge is 2.29. The number of carboxylic acid groups (broad SMARTS) is 1. The summed E-state index contributed by atoms with van der Waals surface area (Å²) in [4.78, 5) is 29.0. The van der Waals surface area contributed by atoms with Crippen molar-refractivity contribution in [3.63, 3.8) is 0 Å². The molecule has 3 heterocycles. The molecule has 1 aromatic carbocycles. The molecule has 0 amide bonds. The van der Waals surface area contributed by atoms with Crippen LogP contribution in [0.3, 0.4) is 0 Å². The number of halogens is 4. The summed E-state index contributed by atoms with van der Waals surface area (Å²) in [6.45, 7) is 0.362. The van der Waals surface area contributed by atoms with Crippen molar-refractivity contribution in [2.45, 2.75) is 12.5 Å². The molecule has 0 unspecified atom stereocenters. The molecule has 12 heteroatoms. The van der Waals surface area contributed by atoms with Gasteiger partial charge in [-0.15, -0.1) is 0 Å². The maximum atomic E-state index is 15.6. The Balaban J connectivity index is 2.14. The van der Waals surface area contributed by atoms with Gasteiger partial charge in [-0.2, -0.15) is 0 Å². The average molecular weight is 437 g/mol. The second-order valence-corrected chi connectivity index (χ2v) is 7.12. The zero-order valence-electron chi connectivity index (χ0n) is 15.7. The zero-order valence-corrected chi connectivity index (χ0v) is 15.7. The molecule has 0 spiro atoms. The topological polar surface area (TPSA) is 127 Å². The van der Waals surface area contributed by atoms with Gasteiger partial charge in [0.25, 0.3) is 0 Å². The predicted molar refractivity (Wildman–Crippen MR) is 103 cm³/mol. The Labute approximate surface area is 171 Å². The lowest BCUT2D eigenvalue weighted by atomic mass is 10.1. The smallest absolute Gasteiger partial charge is 0.341 e. The van der Waals surface area contributed by atoms with E-state index in [2.05, 4.69) is 4.98 Å². The number of nitrogens with two attached hydrogens (primary N) is 2. The molecule has 1 atom stereocenters. The monoisotopic (exact) mass is 437 g/mol. The summed E-state index contributed by atoms with van der Waals surface area (Å²) in [5, 5.41) is 8.68. The number of benzene rings is 1. The van der Waals surface area contributed by atoms with E-state index in [0.717, 1.165) is 0 Å². The molecular weight excluding hydrogens is 422 g/mol. The van der Waals surface area contributed by atoms with Crippen LogP contribution in [0.5, 0.6) is 0 Å². The van der Waals surface area contributed by atoms with Crippen LogP contribution in [0, 0.1) is 23.3 Å². The van der Waals surface area contributed by atoms with Crippen molar-refractivity contribution in [1.29, 1.82) is 0 Å². The number of anilines is 2. The van der Waals surface area contributed by atoms with Gasteiger partial charge in [-0.25, -0.2) is 27.3 Å². The van der Waals surface area contributed by atoms with E-state index in [-0.39, 0.29) is 19.1 Å². The molecule has 5 N–H and O–H groups in total. The minimum atomic E-state index is -1.72. The standard InChI is InChI=1S/C19H15F4N5O3/c20-10-3-8-14(13(23)15(10)27-2-1-7(24)5-27)28(6-9(16(8)29)19(30)31)18-12(22)4-11(21)17(25)26-18/h3-4,6-7H,1-2,5,24H2,(H2,25,26)(H,30,31)/t7-/m0/s1. The number of pyridine rings is 2. The molecule has 1 saturated heterocycles. The molecule has 1 aliphatic rings.